The van der Waals surface area contributed by atoms with Crippen LogP contribution in [0, 0.1) is 0 Å². The summed E-state index contributed by atoms with van der Waals surface area (Å²) in [6.07, 6.45) is 4.46. The molecule has 9 heteroatoms. The highest BCUT2D eigenvalue weighted by Gasteiger charge is 2.19. The fourth-order valence-electron chi connectivity index (χ4n) is 3.57. The van der Waals surface area contributed by atoms with Crippen molar-refractivity contribution in [3.63, 3.8) is 0 Å². The van der Waals surface area contributed by atoms with Gasteiger partial charge < -0.3 is 0 Å². The van der Waals surface area contributed by atoms with Crippen LogP contribution in [0.1, 0.15) is 25.5 Å². The summed E-state index contributed by atoms with van der Waals surface area (Å²) >= 11 is 0. The van der Waals surface area contributed by atoms with Crippen molar-refractivity contribution in [1.82, 2.24) is 39.1 Å². The van der Waals surface area contributed by atoms with E-state index in [0.717, 1.165) is 17.2 Å². The van der Waals surface area contributed by atoms with Crippen molar-refractivity contribution < 1.29 is 0 Å². The van der Waals surface area contributed by atoms with Crippen LogP contribution in [0.2, 0.25) is 0 Å². The second-order valence-electron chi connectivity index (χ2n) is 6.58. The largest absolute Gasteiger partial charge is 0.281 e. The average molecular weight is 386 g/mol. The first kappa shape index (κ1) is 17.2. The van der Waals surface area contributed by atoms with Crippen LogP contribution in [0.3, 0.4) is 0 Å². The SMILES string of the molecule is CCc1nnc(CC)n1-n1ccc2nc3ncnn3c(-c3ccccc3)c2c1=O. The Morgan fingerprint density at radius 3 is 2.38 bits per heavy atom. The predicted octanol–water partition coefficient (Wildman–Crippen LogP) is 2.13. The molecule has 0 aliphatic rings. The summed E-state index contributed by atoms with van der Waals surface area (Å²) in [5.74, 6) is 1.89. The van der Waals surface area contributed by atoms with Gasteiger partial charge in [0.1, 0.15) is 6.33 Å². The molecule has 4 aromatic heterocycles. The van der Waals surface area contributed by atoms with Gasteiger partial charge in [-0.1, -0.05) is 44.2 Å². The van der Waals surface area contributed by atoms with Crippen LogP contribution in [0.5, 0.6) is 0 Å². The first-order chi connectivity index (χ1) is 14.2. The molecule has 0 spiro atoms. The normalized spacial score (nSPS) is 11.5. The van der Waals surface area contributed by atoms with Crippen LogP contribution in [0.4, 0.5) is 0 Å². The molecule has 5 aromatic rings. The Hall–Kier alpha value is -3.88. The van der Waals surface area contributed by atoms with Crippen molar-refractivity contribution >= 4 is 16.7 Å². The van der Waals surface area contributed by atoms with Crippen LogP contribution < -0.4 is 5.56 Å². The van der Waals surface area contributed by atoms with E-state index in [1.54, 1.807) is 20.1 Å². The number of benzene rings is 1. The van der Waals surface area contributed by atoms with Crippen LogP contribution in [0.15, 0.2) is 53.7 Å². The van der Waals surface area contributed by atoms with E-state index in [4.69, 9.17) is 0 Å². The highest BCUT2D eigenvalue weighted by molar-refractivity contribution is 5.93. The summed E-state index contributed by atoms with van der Waals surface area (Å²) in [6, 6.07) is 11.5. The molecule has 4 heterocycles. The summed E-state index contributed by atoms with van der Waals surface area (Å²) in [6.45, 7) is 3.98. The van der Waals surface area contributed by atoms with Gasteiger partial charge in [-0.15, -0.1) is 10.2 Å². The highest BCUT2D eigenvalue weighted by atomic mass is 16.1. The Bertz CT molecular complexity index is 1380. The Kier molecular flexibility index (Phi) is 3.94. The van der Waals surface area contributed by atoms with Gasteiger partial charge in [0.05, 0.1) is 16.6 Å². The molecule has 0 aliphatic heterocycles. The Morgan fingerprint density at radius 1 is 0.966 bits per heavy atom. The molecule has 9 nitrogen and oxygen atoms in total. The molecule has 1 aromatic carbocycles. The fourth-order valence-corrected chi connectivity index (χ4v) is 3.57. The summed E-state index contributed by atoms with van der Waals surface area (Å²) in [5, 5.41) is 13.2. The summed E-state index contributed by atoms with van der Waals surface area (Å²) in [5.41, 5.74) is 1.87. The van der Waals surface area contributed by atoms with Gasteiger partial charge in [-0.3, -0.25) is 4.79 Å². The maximum Gasteiger partial charge on any atom is 0.281 e. The van der Waals surface area contributed by atoms with E-state index < -0.39 is 0 Å². The van der Waals surface area contributed by atoms with Crippen molar-refractivity contribution in [2.24, 2.45) is 0 Å². The van der Waals surface area contributed by atoms with Gasteiger partial charge in [0, 0.05) is 24.6 Å². The monoisotopic (exact) mass is 386 g/mol. The van der Waals surface area contributed by atoms with E-state index in [9.17, 15) is 4.79 Å². The van der Waals surface area contributed by atoms with Crippen LogP contribution in [-0.4, -0.2) is 39.1 Å². The minimum Gasteiger partial charge on any atom is -0.267 e. The van der Waals surface area contributed by atoms with Gasteiger partial charge in [0.25, 0.3) is 11.3 Å². The van der Waals surface area contributed by atoms with E-state index in [-0.39, 0.29) is 5.56 Å². The van der Waals surface area contributed by atoms with Crippen molar-refractivity contribution in [2.45, 2.75) is 26.7 Å². The van der Waals surface area contributed by atoms with Crippen molar-refractivity contribution in [3.05, 3.63) is 70.9 Å². The first-order valence-corrected chi connectivity index (χ1v) is 9.47. The molecule has 0 N–H and O–H groups in total. The number of fused-ring (bicyclic) bond motifs is 2. The lowest BCUT2D eigenvalue weighted by atomic mass is 10.1. The molecule has 0 radical (unpaired) electrons. The topological polar surface area (TPSA) is 95.8 Å². The Morgan fingerprint density at radius 2 is 1.69 bits per heavy atom. The molecule has 0 unspecified atom stereocenters. The standard InChI is InChI=1S/C20H18N8O/c1-3-15-24-25-16(4-2)28(15)26-11-10-14-17(19(26)29)18(13-8-6-5-7-9-13)27-20(23-14)21-12-22-27/h5-12H,3-4H2,1-2H3. The molecular weight excluding hydrogens is 368 g/mol. The molecule has 0 saturated heterocycles. The number of rotatable bonds is 4. The maximum atomic E-state index is 13.7. The molecule has 29 heavy (non-hydrogen) atoms. The Labute approximate surface area is 165 Å². The van der Waals surface area contributed by atoms with E-state index in [1.807, 2.05) is 50.2 Å². The quantitative estimate of drug-likeness (QED) is 0.470. The third-order valence-electron chi connectivity index (χ3n) is 4.92. The lowest BCUT2D eigenvalue weighted by Gasteiger charge is -2.14. The molecule has 0 bridgehead atoms. The number of nitrogens with zero attached hydrogens (tertiary/aromatic N) is 8. The van der Waals surface area contributed by atoms with E-state index in [2.05, 4.69) is 25.3 Å². The summed E-state index contributed by atoms with van der Waals surface area (Å²) in [4.78, 5) is 22.5. The zero-order chi connectivity index (χ0) is 20.0. The van der Waals surface area contributed by atoms with Gasteiger partial charge in [0.2, 0.25) is 0 Å². The van der Waals surface area contributed by atoms with E-state index in [0.29, 0.717) is 35.2 Å². The third-order valence-corrected chi connectivity index (χ3v) is 4.92. The van der Waals surface area contributed by atoms with Gasteiger partial charge in [-0.2, -0.15) is 14.6 Å². The number of hydrogen-bond acceptors (Lipinski definition) is 6. The molecule has 0 saturated carbocycles. The van der Waals surface area contributed by atoms with Gasteiger partial charge >= 0.3 is 0 Å². The lowest BCUT2D eigenvalue weighted by Crippen LogP contribution is -2.29. The van der Waals surface area contributed by atoms with Crippen molar-refractivity contribution in [1.29, 1.82) is 0 Å². The van der Waals surface area contributed by atoms with Gasteiger partial charge in [-0.25, -0.2) is 14.3 Å². The first-order valence-electron chi connectivity index (χ1n) is 9.47. The van der Waals surface area contributed by atoms with E-state index in [1.165, 1.54) is 6.33 Å². The van der Waals surface area contributed by atoms with Crippen LogP contribution >= 0.6 is 0 Å². The average Bonchev–Trinajstić information content (AvgIpc) is 3.39. The zero-order valence-corrected chi connectivity index (χ0v) is 16.0. The van der Waals surface area contributed by atoms with Gasteiger partial charge in [0.15, 0.2) is 11.6 Å². The minimum atomic E-state index is -0.213. The zero-order valence-electron chi connectivity index (χ0n) is 16.0. The summed E-state index contributed by atoms with van der Waals surface area (Å²) < 4.78 is 4.94. The highest BCUT2D eigenvalue weighted by Crippen LogP contribution is 2.25. The molecule has 5 rings (SSSR count). The van der Waals surface area contributed by atoms with Crippen molar-refractivity contribution in [3.8, 4) is 11.3 Å². The predicted molar refractivity (Wildman–Crippen MR) is 108 cm³/mol. The second-order valence-corrected chi connectivity index (χ2v) is 6.58. The summed E-state index contributed by atoms with van der Waals surface area (Å²) in [7, 11) is 0. The van der Waals surface area contributed by atoms with Gasteiger partial charge in [-0.05, 0) is 6.07 Å². The van der Waals surface area contributed by atoms with Crippen LogP contribution in [0.25, 0.3) is 27.9 Å². The number of hydrogen-bond donors (Lipinski definition) is 0. The lowest BCUT2D eigenvalue weighted by molar-refractivity contribution is 0.572. The number of aryl methyl sites for hydroxylation is 2. The molecular formula is C20H18N8O. The minimum absolute atomic E-state index is 0.213. The molecule has 0 aliphatic carbocycles. The van der Waals surface area contributed by atoms with E-state index >= 15 is 0 Å². The Balaban J connectivity index is 1.93. The smallest absolute Gasteiger partial charge is 0.267 e. The fraction of sp³-hybridized carbons (Fsp3) is 0.200. The van der Waals surface area contributed by atoms with Crippen LogP contribution in [-0.2, 0) is 12.8 Å². The molecule has 0 fully saturated rings. The molecule has 0 atom stereocenters. The third kappa shape index (κ3) is 2.54. The maximum absolute atomic E-state index is 13.7. The number of pyridine rings is 1. The van der Waals surface area contributed by atoms with Crippen molar-refractivity contribution in [2.75, 3.05) is 0 Å². The molecule has 144 valence electrons. The molecule has 0 amide bonds. The second kappa shape index (κ2) is 6.62. The number of aromatic nitrogens is 8.